The van der Waals surface area contributed by atoms with Gasteiger partial charge in [0.15, 0.2) is 0 Å². The van der Waals surface area contributed by atoms with Gasteiger partial charge >= 0.3 is 5.97 Å². The summed E-state index contributed by atoms with van der Waals surface area (Å²) in [5.41, 5.74) is 0.247. The number of carbonyl (C=O) groups is 1. The molecular weight excluding hydrogens is 315 g/mol. The Balaban J connectivity index is 2.80. The molecule has 0 amide bonds. The Morgan fingerprint density at radius 1 is 1.43 bits per heavy atom. The van der Waals surface area contributed by atoms with E-state index in [0.717, 1.165) is 8.27 Å². The highest BCUT2D eigenvalue weighted by Gasteiger charge is 2.12. The van der Waals surface area contributed by atoms with Crippen molar-refractivity contribution in [1.82, 2.24) is 0 Å². The first kappa shape index (κ1) is 9.72. The Bertz CT molecular complexity index is 518. The SMILES string of the molecule is O=C(O)c1csc2cc(I)c(O)cc12. The van der Waals surface area contributed by atoms with Crippen molar-refractivity contribution in [3.63, 3.8) is 0 Å². The van der Waals surface area contributed by atoms with E-state index in [1.54, 1.807) is 11.4 Å². The van der Waals surface area contributed by atoms with Gasteiger partial charge in [-0.2, -0.15) is 0 Å². The zero-order valence-corrected chi connectivity index (χ0v) is 9.79. The molecule has 0 radical (unpaired) electrons. The monoisotopic (exact) mass is 320 g/mol. The fourth-order valence-corrected chi connectivity index (χ4v) is 2.84. The third-order valence-electron chi connectivity index (χ3n) is 1.87. The number of halogens is 1. The van der Waals surface area contributed by atoms with Gasteiger partial charge in [-0.1, -0.05) is 0 Å². The molecule has 1 aromatic carbocycles. The van der Waals surface area contributed by atoms with Crippen LogP contribution in [0.2, 0.25) is 0 Å². The minimum absolute atomic E-state index is 0.124. The minimum atomic E-state index is -0.961. The number of phenols is 1. The van der Waals surface area contributed by atoms with Crippen molar-refractivity contribution in [2.75, 3.05) is 0 Å². The van der Waals surface area contributed by atoms with Gasteiger partial charge in [0.25, 0.3) is 0 Å². The second-order valence-electron chi connectivity index (χ2n) is 2.75. The molecule has 0 bridgehead atoms. The predicted molar refractivity (Wildman–Crippen MR) is 63.2 cm³/mol. The average Bonchev–Trinajstić information content (AvgIpc) is 2.48. The molecule has 0 aliphatic heterocycles. The number of aromatic hydroxyl groups is 1. The standard InChI is InChI=1S/C9H5IO3S/c10-6-2-8-4(1-7(6)11)5(3-14-8)9(12)13/h1-3,11H,(H,12,13). The first-order valence-electron chi connectivity index (χ1n) is 3.72. The zero-order chi connectivity index (χ0) is 10.3. The van der Waals surface area contributed by atoms with Gasteiger partial charge in [-0.15, -0.1) is 11.3 Å². The van der Waals surface area contributed by atoms with Crippen LogP contribution in [-0.4, -0.2) is 16.2 Å². The van der Waals surface area contributed by atoms with Crippen LogP contribution in [-0.2, 0) is 0 Å². The maximum Gasteiger partial charge on any atom is 0.337 e. The molecule has 72 valence electrons. The number of rotatable bonds is 1. The summed E-state index contributed by atoms with van der Waals surface area (Å²) in [5.74, 6) is -0.837. The summed E-state index contributed by atoms with van der Waals surface area (Å²) in [6.45, 7) is 0. The van der Waals surface area contributed by atoms with Crippen molar-refractivity contribution in [3.05, 3.63) is 26.6 Å². The number of carboxylic acids is 1. The highest BCUT2D eigenvalue weighted by molar-refractivity contribution is 14.1. The zero-order valence-electron chi connectivity index (χ0n) is 6.82. The van der Waals surface area contributed by atoms with Crippen LogP contribution >= 0.6 is 33.9 Å². The van der Waals surface area contributed by atoms with Crippen LogP contribution in [0.15, 0.2) is 17.5 Å². The number of hydrogen-bond donors (Lipinski definition) is 2. The predicted octanol–water partition coefficient (Wildman–Crippen LogP) is 2.91. The molecule has 0 saturated heterocycles. The second-order valence-corrected chi connectivity index (χ2v) is 4.83. The lowest BCUT2D eigenvalue weighted by Gasteiger charge is -1.97. The molecule has 3 nitrogen and oxygen atoms in total. The van der Waals surface area contributed by atoms with Crippen LogP contribution in [0.25, 0.3) is 10.1 Å². The molecule has 0 spiro atoms. The van der Waals surface area contributed by atoms with E-state index in [1.807, 2.05) is 22.6 Å². The molecule has 0 aliphatic rings. The number of carboxylic acid groups (broad SMARTS) is 1. The minimum Gasteiger partial charge on any atom is -0.507 e. The molecule has 2 aromatic rings. The van der Waals surface area contributed by atoms with Crippen molar-refractivity contribution < 1.29 is 15.0 Å². The van der Waals surface area contributed by atoms with Gasteiger partial charge in [0.05, 0.1) is 9.13 Å². The first-order valence-corrected chi connectivity index (χ1v) is 5.68. The summed E-state index contributed by atoms with van der Waals surface area (Å²) >= 11 is 3.38. The van der Waals surface area contributed by atoms with Crippen LogP contribution in [0.1, 0.15) is 10.4 Å². The first-order chi connectivity index (χ1) is 6.59. The van der Waals surface area contributed by atoms with E-state index in [0.29, 0.717) is 5.39 Å². The molecule has 1 heterocycles. The molecule has 1 aromatic heterocycles. The lowest BCUT2D eigenvalue weighted by atomic mass is 10.2. The largest absolute Gasteiger partial charge is 0.507 e. The lowest BCUT2D eigenvalue weighted by molar-refractivity contribution is 0.0699. The molecule has 2 N–H and O–H groups in total. The van der Waals surface area contributed by atoms with Gasteiger partial charge in [0, 0.05) is 15.5 Å². The van der Waals surface area contributed by atoms with Crippen LogP contribution < -0.4 is 0 Å². The van der Waals surface area contributed by atoms with Crippen molar-refractivity contribution >= 4 is 50.0 Å². The van der Waals surface area contributed by atoms with Gasteiger partial charge < -0.3 is 10.2 Å². The third-order valence-corrected chi connectivity index (χ3v) is 3.68. The fraction of sp³-hybridized carbons (Fsp3) is 0. The Hall–Kier alpha value is -0.820. The molecule has 0 atom stereocenters. The summed E-state index contributed by atoms with van der Waals surface area (Å²) in [5, 5.41) is 20.5. The number of aromatic carboxylic acids is 1. The van der Waals surface area contributed by atoms with Crippen LogP contribution in [0.3, 0.4) is 0 Å². The maximum atomic E-state index is 10.8. The van der Waals surface area contributed by atoms with Gasteiger partial charge in [0.2, 0.25) is 0 Å². The Morgan fingerprint density at radius 2 is 2.14 bits per heavy atom. The van der Waals surface area contributed by atoms with Crippen LogP contribution in [0.5, 0.6) is 5.75 Å². The summed E-state index contributed by atoms with van der Waals surface area (Å²) < 4.78 is 1.61. The van der Waals surface area contributed by atoms with Gasteiger partial charge in [0.1, 0.15) is 5.75 Å². The molecule has 0 saturated carbocycles. The molecule has 0 fully saturated rings. The number of benzene rings is 1. The second kappa shape index (κ2) is 3.39. The van der Waals surface area contributed by atoms with Crippen LogP contribution in [0, 0.1) is 3.57 Å². The highest BCUT2D eigenvalue weighted by Crippen LogP contribution is 2.32. The molecule has 14 heavy (non-hydrogen) atoms. The normalized spacial score (nSPS) is 10.6. The summed E-state index contributed by atoms with van der Waals surface area (Å²) in [4.78, 5) is 10.8. The number of phenolic OH excluding ortho intramolecular Hbond substituents is 1. The number of fused-ring (bicyclic) bond motifs is 1. The van der Waals surface area contributed by atoms with Gasteiger partial charge in [-0.3, -0.25) is 0 Å². The average molecular weight is 320 g/mol. The third kappa shape index (κ3) is 1.46. The van der Waals surface area contributed by atoms with Crippen molar-refractivity contribution in [3.8, 4) is 5.75 Å². The summed E-state index contributed by atoms with van der Waals surface area (Å²) in [7, 11) is 0. The van der Waals surface area contributed by atoms with E-state index in [1.165, 1.54) is 17.4 Å². The molecule has 2 rings (SSSR count). The van der Waals surface area contributed by atoms with Crippen LogP contribution in [0.4, 0.5) is 0 Å². The van der Waals surface area contributed by atoms with Crippen molar-refractivity contribution in [1.29, 1.82) is 0 Å². The van der Waals surface area contributed by atoms with E-state index in [4.69, 9.17) is 5.11 Å². The molecule has 0 unspecified atom stereocenters. The van der Waals surface area contributed by atoms with Gasteiger partial charge in [-0.05, 0) is 34.7 Å². The Labute approximate surface area is 97.1 Å². The number of hydrogen-bond acceptors (Lipinski definition) is 3. The van der Waals surface area contributed by atoms with E-state index in [2.05, 4.69) is 0 Å². The summed E-state index contributed by atoms with van der Waals surface area (Å²) in [6.07, 6.45) is 0. The van der Waals surface area contributed by atoms with E-state index >= 15 is 0 Å². The summed E-state index contributed by atoms with van der Waals surface area (Å²) in [6, 6.07) is 3.28. The highest BCUT2D eigenvalue weighted by atomic mass is 127. The number of thiophene rings is 1. The lowest BCUT2D eigenvalue weighted by Crippen LogP contribution is -1.93. The molecular formula is C9H5IO3S. The van der Waals surface area contributed by atoms with E-state index < -0.39 is 5.97 Å². The van der Waals surface area contributed by atoms with E-state index in [9.17, 15) is 9.90 Å². The van der Waals surface area contributed by atoms with Crippen molar-refractivity contribution in [2.24, 2.45) is 0 Å². The van der Waals surface area contributed by atoms with Gasteiger partial charge in [-0.25, -0.2) is 4.79 Å². The van der Waals surface area contributed by atoms with Crippen molar-refractivity contribution in [2.45, 2.75) is 0 Å². The van der Waals surface area contributed by atoms with E-state index in [-0.39, 0.29) is 11.3 Å². The molecule has 5 heteroatoms. The quantitative estimate of drug-likeness (QED) is 0.795. The maximum absolute atomic E-state index is 10.8. The Morgan fingerprint density at radius 3 is 2.79 bits per heavy atom. The fourth-order valence-electron chi connectivity index (χ4n) is 1.20. The Kier molecular flexibility index (Phi) is 2.36. The topological polar surface area (TPSA) is 57.5 Å². The smallest absolute Gasteiger partial charge is 0.337 e. The molecule has 0 aliphatic carbocycles.